The van der Waals surface area contributed by atoms with Crippen LogP contribution in [0.3, 0.4) is 0 Å². The molecule has 32 heavy (non-hydrogen) atoms. The van der Waals surface area contributed by atoms with Gasteiger partial charge in [0.1, 0.15) is 5.75 Å². The molecule has 0 bridgehead atoms. The Hall–Kier alpha value is -3.65. The fourth-order valence-electron chi connectivity index (χ4n) is 3.19. The molecule has 4 aromatic rings. The molecule has 1 amide bonds. The zero-order valence-electron chi connectivity index (χ0n) is 17.9. The molecule has 162 valence electrons. The number of rotatable bonds is 8. The Kier molecular flexibility index (Phi) is 6.81. The second-order valence-corrected chi connectivity index (χ2v) is 8.04. The van der Waals surface area contributed by atoms with Crippen molar-refractivity contribution >= 4 is 17.7 Å². The van der Waals surface area contributed by atoms with E-state index in [4.69, 9.17) is 4.74 Å². The first kappa shape index (κ1) is 21.6. The first-order chi connectivity index (χ1) is 15.7. The van der Waals surface area contributed by atoms with Gasteiger partial charge < -0.3 is 9.64 Å². The summed E-state index contributed by atoms with van der Waals surface area (Å²) in [4.78, 5) is 18.6. The maximum Gasteiger partial charge on any atom is 0.233 e. The first-order valence-electron chi connectivity index (χ1n) is 10.1. The number of carbonyl (C=O) groups excluding carboxylic acids is 1. The number of ether oxygens (including phenoxy) is 1. The maximum atomic E-state index is 12.8. The summed E-state index contributed by atoms with van der Waals surface area (Å²) in [6, 6.07) is 21.4. The van der Waals surface area contributed by atoms with Gasteiger partial charge in [-0.15, -0.1) is 10.2 Å². The van der Waals surface area contributed by atoms with Crippen LogP contribution in [-0.2, 0) is 11.3 Å². The van der Waals surface area contributed by atoms with Gasteiger partial charge in [-0.3, -0.25) is 14.3 Å². The molecule has 0 aliphatic carbocycles. The Morgan fingerprint density at radius 2 is 1.72 bits per heavy atom. The molecule has 0 aliphatic heterocycles. The molecule has 0 radical (unpaired) electrons. The van der Waals surface area contributed by atoms with Crippen LogP contribution in [0.25, 0.3) is 17.1 Å². The number of carbonyl (C=O) groups is 1. The summed E-state index contributed by atoms with van der Waals surface area (Å²) < 4.78 is 7.16. The van der Waals surface area contributed by atoms with Gasteiger partial charge in [0, 0.05) is 37.2 Å². The summed E-state index contributed by atoms with van der Waals surface area (Å²) in [6.45, 7) is 0.525. The monoisotopic (exact) mass is 445 g/mol. The number of hydrogen-bond acceptors (Lipinski definition) is 6. The van der Waals surface area contributed by atoms with Crippen molar-refractivity contribution in [3.05, 3.63) is 84.7 Å². The molecule has 0 aliphatic rings. The number of nitrogens with zero attached hydrogens (tertiary/aromatic N) is 5. The zero-order chi connectivity index (χ0) is 22.3. The Morgan fingerprint density at radius 1 is 1.00 bits per heavy atom. The Bertz CT molecular complexity index is 1160. The largest absolute Gasteiger partial charge is 0.497 e. The van der Waals surface area contributed by atoms with Crippen molar-refractivity contribution in [2.75, 3.05) is 19.9 Å². The molecule has 2 aromatic heterocycles. The number of aromatic nitrogens is 4. The SMILES string of the molecule is COc1ccc(CN(C)C(=O)CSc2nnc(-c3ccncc3)n2-c2ccccc2)cc1. The molecule has 0 saturated carbocycles. The summed E-state index contributed by atoms with van der Waals surface area (Å²) in [5, 5.41) is 9.43. The number of thioether (sulfide) groups is 1. The van der Waals surface area contributed by atoms with Crippen LogP contribution < -0.4 is 4.74 Å². The van der Waals surface area contributed by atoms with E-state index >= 15 is 0 Å². The summed E-state index contributed by atoms with van der Waals surface area (Å²) >= 11 is 1.37. The van der Waals surface area contributed by atoms with Gasteiger partial charge in [-0.25, -0.2) is 0 Å². The van der Waals surface area contributed by atoms with Crippen LogP contribution >= 0.6 is 11.8 Å². The second kappa shape index (κ2) is 10.1. The van der Waals surface area contributed by atoms with Gasteiger partial charge in [-0.1, -0.05) is 42.1 Å². The minimum Gasteiger partial charge on any atom is -0.497 e. The van der Waals surface area contributed by atoms with Gasteiger partial charge in [0.25, 0.3) is 0 Å². The molecule has 7 nitrogen and oxygen atoms in total. The van der Waals surface area contributed by atoms with Crippen LogP contribution in [-0.4, -0.2) is 50.5 Å². The number of amides is 1. The maximum absolute atomic E-state index is 12.8. The van der Waals surface area contributed by atoms with Crippen molar-refractivity contribution in [1.29, 1.82) is 0 Å². The van der Waals surface area contributed by atoms with Crippen molar-refractivity contribution < 1.29 is 9.53 Å². The quantitative estimate of drug-likeness (QED) is 0.381. The third-order valence-electron chi connectivity index (χ3n) is 4.92. The Balaban J connectivity index is 1.50. The lowest BCUT2D eigenvalue weighted by Gasteiger charge is -2.17. The minimum atomic E-state index is 0.0129. The highest BCUT2D eigenvalue weighted by Gasteiger charge is 2.18. The van der Waals surface area contributed by atoms with Gasteiger partial charge in [-0.2, -0.15) is 0 Å². The highest BCUT2D eigenvalue weighted by atomic mass is 32.2. The van der Waals surface area contributed by atoms with E-state index in [0.717, 1.165) is 22.6 Å². The van der Waals surface area contributed by atoms with Crippen LogP contribution in [0, 0.1) is 0 Å². The van der Waals surface area contributed by atoms with E-state index in [1.165, 1.54) is 11.8 Å². The van der Waals surface area contributed by atoms with Gasteiger partial charge in [0.15, 0.2) is 11.0 Å². The van der Waals surface area contributed by atoms with Crippen LogP contribution in [0.4, 0.5) is 0 Å². The van der Waals surface area contributed by atoms with Gasteiger partial charge >= 0.3 is 0 Å². The average molecular weight is 446 g/mol. The van der Waals surface area contributed by atoms with E-state index in [1.54, 1.807) is 31.5 Å². The van der Waals surface area contributed by atoms with Crippen molar-refractivity contribution in [2.24, 2.45) is 0 Å². The summed E-state index contributed by atoms with van der Waals surface area (Å²) in [6.07, 6.45) is 3.45. The highest BCUT2D eigenvalue weighted by molar-refractivity contribution is 7.99. The van der Waals surface area contributed by atoms with Crippen LogP contribution in [0.15, 0.2) is 84.3 Å². The molecule has 8 heteroatoms. The Labute approximate surface area is 191 Å². The van der Waals surface area contributed by atoms with E-state index < -0.39 is 0 Å². The van der Waals surface area contributed by atoms with Crippen molar-refractivity contribution in [1.82, 2.24) is 24.6 Å². The third kappa shape index (κ3) is 4.97. The summed E-state index contributed by atoms with van der Waals surface area (Å²) in [5.41, 5.74) is 2.89. The minimum absolute atomic E-state index is 0.0129. The third-order valence-corrected chi connectivity index (χ3v) is 5.83. The fraction of sp³-hybridized carbons (Fsp3) is 0.167. The molecule has 2 aromatic carbocycles. The van der Waals surface area contributed by atoms with E-state index in [0.29, 0.717) is 17.5 Å². The molecule has 0 unspecified atom stereocenters. The molecule has 0 N–H and O–H groups in total. The predicted molar refractivity (Wildman–Crippen MR) is 125 cm³/mol. The fourth-order valence-corrected chi connectivity index (χ4v) is 4.08. The lowest BCUT2D eigenvalue weighted by atomic mass is 10.2. The molecular weight excluding hydrogens is 422 g/mol. The van der Waals surface area contributed by atoms with Gasteiger partial charge in [0.05, 0.1) is 12.9 Å². The van der Waals surface area contributed by atoms with E-state index in [2.05, 4.69) is 15.2 Å². The molecule has 0 atom stereocenters. The van der Waals surface area contributed by atoms with Gasteiger partial charge in [-0.05, 0) is 42.0 Å². The number of methoxy groups -OCH3 is 1. The number of hydrogen-bond donors (Lipinski definition) is 0. The van der Waals surface area contributed by atoms with Crippen molar-refractivity contribution in [3.63, 3.8) is 0 Å². The predicted octanol–water partition coefficient (Wildman–Crippen LogP) is 4.09. The summed E-state index contributed by atoms with van der Waals surface area (Å²) in [5.74, 6) is 1.77. The highest BCUT2D eigenvalue weighted by Crippen LogP contribution is 2.27. The average Bonchev–Trinajstić information content (AvgIpc) is 3.28. The first-order valence-corrected chi connectivity index (χ1v) is 11.0. The zero-order valence-corrected chi connectivity index (χ0v) is 18.7. The second-order valence-electron chi connectivity index (χ2n) is 7.10. The van der Waals surface area contributed by atoms with E-state index in [9.17, 15) is 4.79 Å². The lowest BCUT2D eigenvalue weighted by molar-refractivity contribution is -0.127. The summed E-state index contributed by atoms with van der Waals surface area (Å²) in [7, 11) is 3.44. The van der Waals surface area contributed by atoms with Crippen LogP contribution in [0.1, 0.15) is 5.56 Å². The van der Waals surface area contributed by atoms with Crippen LogP contribution in [0.2, 0.25) is 0 Å². The Morgan fingerprint density at radius 3 is 2.41 bits per heavy atom. The lowest BCUT2D eigenvalue weighted by Crippen LogP contribution is -2.27. The van der Waals surface area contributed by atoms with E-state index in [-0.39, 0.29) is 11.7 Å². The molecular formula is C24H23N5O2S. The van der Waals surface area contributed by atoms with Crippen molar-refractivity contribution in [3.8, 4) is 22.8 Å². The van der Waals surface area contributed by atoms with Crippen molar-refractivity contribution in [2.45, 2.75) is 11.7 Å². The number of benzene rings is 2. The normalized spacial score (nSPS) is 10.7. The topological polar surface area (TPSA) is 73.1 Å². The molecule has 0 saturated heterocycles. The van der Waals surface area contributed by atoms with E-state index in [1.807, 2.05) is 71.3 Å². The molecule has 2 heterocycles. The van der Waals surface area contributed by atoms with Gasteiger partial charge in [0.2, 0.25) is 5.91 Å². The molecule has 0 fully saturated rings. The van der Waals surface area contributed by atoms with Crippen LogP contribution in [0.5, 0.6) is 5.75 Å². The number of pyridine rings is 1. The smallest absolute Gasteiger partial charge is 0.233 e. The number of para-hydroxylation sites is 1. The molecule has 0 spiro atoms. The molecule has 4 rings (SSSR count). The standard InChI is InChI=1S/C24H23N5O2S/c1-28(16-18-8-10-21(31-2)11-9-18)22(30)17-32-24-27-26-23(19-12-14-25-15-13-19)29(24)20-6-4-3-5-7-20/h3-15H,16-17H2,1-2H3.